The predicted molar refractivity (Wildman–Crippen MR) is 60.3 cm³/mol. The predicted octanol–water partition coefficient (Wildman–Crippen LogP) is 2.11. The van der Waals surface area contributed by atoms with E-state index in [1.807, 2.05) is 12.1 Å². The van der Waals surface area contributed by atoms with Crippen molar-refractivity contribution < 1.29 is 4.42 Å². The summed E-state index contributed by atoms with van der Waals surface area (Å²) >= 11 is 0. The molecule has 1 saturated carbocycles. The molecule has 15 heavy (non-hydrogen) atoms. The van der Waals surface area contributed by atoms with Gasteiger partial charge in [-0.3, -0.25) is 4.90 Å². The van der Waals surface area contributed by atoms with Crippen LogP contribution >= 0.6 is 0 Å². The van der Waals surface area contributed by atoms with Gasteiger partial charge in [-0.25, -0.2) is 0 Å². The van der Waals surface area contributed by atoms with Crippen molar-refractivity contribution >= 4 is 0 Å². The Kier molecular flexibility index (Phi) is 3.44. The van der Waals surface area contributed by atoms with Gasteiger partial charge in [0.2, 0.25) is 0 Å². The van der Waals surface area contributed by atoms with Crippen LogP contribution in [0.15, 0.2) is 16.5 Å². The summed E-state index contributed by atoms with van der Waals surface area (Å²) in [6, 6.07) is 4.75. The summed E-state index contributed by atoms with van der Waals surface area (Å²) in [6.45, 7) is 1.40. The smallest absolute Gasteiger partial charge is 0.118 e. The molecule has 0 saturated heterocycles. The van der Waals surface area contributed by atoms with Crippen LogP contribution in [0.5, 0.6) is 0 Å². The lowest BCUT2D eigenvalue weighted by Crippen LogP contribution is -2.28. The fraction of sp³-hybridized carbons (Fsp3) is 0.667. The normalized spacial score (nSPS) is 17.8. The minimum absolute atomic E-state index is 0.493. The van der Waals surface area contributed by atoms with E-state index < -0.39 is 0 Å². The monoisotopic (exact) mass is 208 g/mol. The summed E-state index contributed by atoms with van der Waals surface area (Å²) in [5.41, 5.74) is 5.51. The summed E-state index contributed by atoms with van der Waals surface area (Å²) in [6.07, 6.45) is 5.42. The van der Waals surface area contributed by atoms with Crippen molar-refractivity contribution in [2.45, 2.75) is 44.8 Å². The van der Waals surface area contributed by atoms with Gasteiger partial charge in [0, 0.05) is 6.04 Å². The molecule has 1 fully saturated rings. The van der Waals surface area contributed by atoms with Crippen molar-refractivity contribution in [1.29, 1.82) is 0 Å². The Morgan fingerprint density at radius 3 is 2.60 bits per heavy atom. The van der Waals surface area contributed by atoms with Crippen LogP contribution in [0.4, 0.5) is 0 Å². The molecule has 1 aliphatic rings. The maximum absolute atomic E-state index is 5.60. The Hall–Kier alpha value is -0.800. The Bertz CT molecular complexity index is 302. The zero-order chi connectivity index (χ0) is 10.7. The average Bonchev–Trinajstić information content (AvgIpc) is 2.87. The Morgan fingerprint density at radius 2 is 2.00 bits per heavy atom. The average molecular weight is 208 g/mol. The molecule has 1 aliphatic carbocycles. The lowest BCUT2D eigenvalue weighted by molar-refractivity contribution is 0.217. The first-order valence-electron chi connectivity index (χ1n) is 5.77. The van der Waals surface area contributed by atoms with Gasteiger partial charge in [-0.15, -0.1) is 0 Å². The molecule has 2 rings (SSSR count). The molecule has 0 aromatic carbocycles. The fourth-order valence-corrected chi connectivity index (χ4v) is 2.34. The minimum atomic E-state index is 0.493. The van der Waals surface area contributed by atoms with Gasteiger partial charge in [0.05, 0.1) is 13.1 Å². The molecule has 0 aliphatic heterocycles. The van der Waals surface area contributed by atoms with Crippen molar-refractivity contribution in [2.24, 2.45) is 5.73 Å². The molecule has 84 valence electrons. The highest BCUT2D eigenvalue weighted by atomic mass is 16.3. The molecule has 0 atom stereocenters. The minimum Gasteiger partial charge on any atom is -0.463 e. The molecule has 1 aromatic rings. The van der Waals surface area contributed by atoms with E-state index in [4.69, 9.17) is 10.2 Å². The first kappa shape index (κ1) is 10.7. The summed E-state index contributed by atoms with van der Waals surface area (Å²) in [5, 5.41) is 0. The summed E-state index contributed by atoms with van der Waals surface area (Å²) in [7, 11) is 2.18. The maximum Gasteiger partial charge on any atom is 0.118 e. The van der Waals surface area contributed by atoms with Gasteiger partial charge in [-0.2, -0.15) is 0 Å². The molecule has 0 bridgehead atoms. The molecular weight excluding hydrogens is 188 g/mol. The highest BCUT2D eigenvalue weighted by Crippen LogP contribution is 2.23. The van der Waals surface area contributed by atoms with Crippen LogP contribution in [0.1, 0.15) is 37.2 Å². The highest BCUT2D eigenvalue weighted by molar-refractivity contribution is 5.06. The highest BCUT2D eigenvalue weighted by Gasteiger charge is 2.20. The number of nitrogens with two attached hydrogens (primary N) is 1. The van der Waals surface area contributed by atoms with Crippen molar-refractivity contribution in [3.8, 4) is 0 Å². The zero-order valence-electron chi connectivity index (χ0n) is 9.41. The molecule has 0 spiro atoms. The topological polar surface area (TPSA) is 42.4 Å². The number of hydrogen-bond acceptors (Lipinski definition) is 3. The number of rotatable bonds is 4. The standard InChI is InChI=1S/C12H20N2O/c1-14(10-4-2-3-5-10)9-12-7-6-11(8-13)15-12/h6-7,10H,2-5,8-9,13H2,1H3. The zero-order valence-corrected chi connectivity index (χ0v) is 9.41. The molecule has 2 N–H and O–H groups in total. The van der Waals surface area contributed by atoms with E-state index in [0.717, 1.165) is 24.1 Å². The van der Waals surface area contributed by atoms with Crippen molar-refractivity contribution in [3.05, 3.63) is 23.7 Å². The van der Waals surface area contributed by atoms with Gasteiger partial charge < -0.3 is 10.2 Å². The molecule has 1 heterocycles. The van der Waals surface area contributed by atoms with Crippen LogP contribution in [0, 0.1) is 0 Å². The molecule has 3 nitrogen and oxygen atoms in total. The van der Waals surface area contributed by atoms with E-state index in [0.29, 0.717) is 6.54 Å². The summed E-state index contributed by atoms with van der Waals surface area (Å²) < 4.78 is 5.60. The van der Waals surface area contributed by atoms with Gasteiger partial charge >= 0.3 is 0 Å². The Balaban J connectivity index is 1.89. The van der Waals surface area contributed by atoms with Gasteiger partial charge in [0.15, 0.2) is 0 Å². The third-order valence-corrected chi connectivity index (χ3v) is 3.27. The van der Waals surface area contributed by atoms with Crippen molar-refractivity contribution in [1.82, 2.24) is 4.90 Å². The summed E-state index contributed by atoms with van der Waals surface area (Å²) in [5.74, 6) is 1.91. The lowest BCUT2D eigenvalue weighted by atomic mass is 10.2. The second-order valence-electron chi connectivity index (χ2n) is 4.43. The Labute approximate surface area is 91.2 Å². The van der Waals surface area contributed by atoms with E-state index in [9.17, 15) is 0 Å². The Morgan fingerprint density at radius 1 is 1.33 bits per heavy atom. The van der Waals surface area contributed by atoms with Crippen LogP contribution in [-0.2, 0) is 13.1 Å². The first-order chi connectivity index (χ1) is 7.29. The van der Waals surface area contributed by atoms with E-state index >= 15 is 0 Å². The van der Waals surface area contributed by atoms with E-state index in [1.165, 1.54) is 25.7 Å². The molecule has 0 amide bonds. The van der Waals surface area contributed by atoms with E-state index in [-0.39, 0.29) is 0 Å². The van der Waals surface area contributed by atoms with Gasteiger partial charge in [0.25, 0.3) is 0 Å². The molecule has 0 unspecified atom stereocenters. The molecule has 1 aromatic heterocycles. The van der Waals surface area contributed by atoms with Gasteiger partial charge in [-0.05, 0) is 32.0 Å². The third-order valence-electron chi connectivity index (χ3n) is 3.27. The van der Waals surface area contributed by atoms with Crippen LogP contribution in [0.3, 0.4) is 0 Å². The number of nitrogens with zero attached hydrogens (tertiary/aromatic N) is 1. The van der Waals surface area contributed by atoms with Crippen LogP contribution in [0.2, 0.25) is 0 Å². The summed E-state index contributed by atoms with van der Waals surface area (Å²) in [4.78, 5) is 2.39. The van der Waals surface area contributed by atoms with Crippen LogP contribution < -0.4 is 5.73 Å². The molecule has 3 heteroatoms. The SMILES string of the molecule is CN(Cc1ccc(CN)o1)C1CCCC1. The van der Waals surface area contributed by atoms with Crippen LogP contribution in [-0.4, -0.2) is 18.0 Å². The number of hydrogen-bond donors (Lipinski definition) is 1. The van der Waals surface area contributed by atoms with Crippen molar-refractivity contribution in [3.63, 3.8) is 0 Å². The van der Waals surface area contributed by atoms with Gasteiger partial charge in [-0.1, -0.05) is 12.8 Å². The largest absolute Gasteiger partial charge is 0.463 e. The quantitative estimate of drug-likeness (QED) is 0.824. The lowest BCUT2D eigenvalue weighted by Gasteiger charge is -2.22. The number of furan rings is 1. The second kappa shape index (κ2) is 4.81. The van der Waals surface area contributed by atoms with Gasteiger partial charge in [0.1, 0.15) is 11.5 Å². The van der Waals surface area contributed by atoms with Crippen LogP contribution in [0.25, 0.3) is 0 Å². The van der Waals surface area contributed by atoms with E-state index in [1.54, 1.807) is 0 Å². The molecular formula is C12H20N2O. The third kappa shape index (κ3) is 2.61. The molecule has 0 radical (unpaired) electrons. The van der Waals surface area contributed by atoms with Crippen molar-refractivity contribution in [2.75, 3.05) is 7.05 Å². The first-order valence-corrected chi connectivity index (χ1v) is 5.77. The second-order valence-corrected chi connectivity index (χ2v) is 4.43. The fourth-order valence-electron chi connectivity index (χ4n) is 2.34. The maximum atomic E-state index is 5.60. The van der Waals surface area contributed by atoms with E-state index in [2.05, 4.69) is 11.9 Å².